The van der Waals surface area contributed by atoms with E-state index in [0.717, 1.165) is 5.56 Å². The number of aldehydes is 1. The summed E-state index contributed by atoms with van der Waals surface area (Å²) in [5, 5.41) is 9.39. The Morgan fingerprint density at radius 2 is 2.23 bits per heavy atom. The lowest BCUT2D eigenvalue weighted by Crippen LogP contribution is -1.94. The van der Waals surface area contributed by atoms with Gasteiger partial charge in [-0.3, -0.25) is 4.79 Å². The van der Waals surface area contributed by atoms with Crippen LogP contribution in [0.5, 0.6) is 11.5 Å². The Bertz CT molecular complexity index is 295. The molecule has 0 unspecified atom stereocenters. The molecule has 0 atom stereocenters. The van der Waals surface area contributed by atoms with E-state index < -0.39 is 0 Å². The number of carbonyl (C=O) groups is 1. The maximum Gasteiger partial charge on any atom is 0.154 e. The summed E-state index contributed by atoms with van der Waals surface area (Å²) in [6, 6.07) is 3.17. The Hall–Kier alpha value is -1.51. The van der Waals surface area contributed by atoms with Gasteiger partial charge < -0.3 is 9.84 Å². The molecule has 0 aromatic heterocycles. The highest BCUT2D eigenvalue weighted by molar-refractivity contribution is 5.81. The van der Waals surface area contributed by atoms with Gasteiger partial charge in [-0.1, -0.05) is 0 Å². The zero-order valence-electron chi connectivity index (χ0n) is 7.70. The summed E-state index contributed by atoms with van der Waals surface area (Å²) in [6.45, 7) is 4.16. The number of rotatable bonds is 3. The van der Waals surface area contributed by atoms with E-state index in [2.05, 4.69) is 0 Å². The fourth-order valence-electron chi connectivity index (χ4n) is 1.15. The number of ether oxygens (including phenoxy) is 1. The molecule has 0 amide bonds. The molecule has 0 aliphatic heterocycles. The molecule has 0 saturated carbocycles. The second-order valence-corrected chi connectivity index (χ2v) is 2.72. The van der Waals surface area contributed by atoms with Crippen LogP contribution in [0.4, 0.5) is 0 Å². The third-order valence-corrected chi connectivity index (χ3v) is 1.77. The van der Waals surface area contributed by atoms with E-state index >= 15 is 0 Å². The van der Waals surface area contributed by atoms with Crippen molar-refractivity contribution in [3.63, 3.8) is 0 Å². The quantitative estimate of drug-likeness (QED) is 0.723. The van der Waals surface area contributed by atoms with Crippen molar-refractivity contribution >= 4 is 6.29 Å². The van der Waals surface area contributed by atoms with E-state index in [0.29, 0.717) is 24.2 Å². The molecule has 1 N–H and O–H groups in total. The lowest BCUT2D eigenvalue weighted by Gasteiger charge is -2.07. The van der Waals surface area contributed by atoms with Crippen LogP contribution in [-0.2, 0) is 0 Å². The van der Waals surface area contributed by atoms with Crippen molar-refractivity contribution in [2.45, 2.75) is 13.8 Å². The lowest BCUT2D eigenvalue weighted by atomic mass is 10.1. The first kappa shape index (κ1) is 9.58. The summed E-state index contributed by atoms with van der Waals surface area (Å²) in [6.07, 6.45) is 0.639. The van der Waals surface area contributed by atoms with Gasteiger partial charge in [0.2, 0.25) is 0 Å². The maximum atomic E-state index is 10.5. The zero-order chi connectivity index (χ0) is 9.84. The number of hydrogen-bond donors (Lipinski definition) is 1. The van der Waals surface area contributed by atoms with Gasteiger partial charge in [-0.05, 0) is 25.5 Å². The number of phenols is 1. The van der Waals surface area contributed by atoms with Crippen LogP contribution in [0.1, 0.15) is 22.8 Å². The molecule has 0 bridgehead atoms. The van der Waals surface area contributed by atoms with Gasteiger partial charge in [0.05, 0.1) is 12.2 Å². The van der Waals surface area contributed by atoms with E-state index in [1.807, 2.05) is 6.92 Å². The van der Waals surface area contributed by atoms with Crippen molar-refractivity contribution in [3.8, 4) is 11.5 Å². The molecule has 0 fully saturated rings. The second-order valence-electron chi connectivity index (χ2n) is 2.72. The summed E-state index contributed by atoms with van der Waals surface area (Å²) < 4.78 is 5.19. The third kappa shape index (κ3) is 1.99. The van der Waals surface area contributed by atoms with Crippen LogP contribution >= 0.6 is 0 Å². The van der Waals surface area contributed by atoms with Gasteiger partial charge in [0.25, 0.3) is 0 Å². The van der Waals surface area contributed by atoms with Crippen molar-refractivity contribution in [1.29, 1.82) is 0 Å². The number of benzene rings is 1. The van der Waals surface area contributed by atoms with Gasteiger partial charge in [-0.2, -0.15) is 0 Å². The number of hydrogen-bond acceptors (Lipinski definition) is 3. The molecule has 1 rings (SSSR count). The van der Waals surface area contributed by atoms with Crippen LogP contribution in [0, 0.1) is 6.92 Å². The Balaban J connectivity index is 3.12. The highest BCUT2D eigenvalue weighted by Gasteiger charge is 2.06. The maximum absolute atomic E-state index is 10.5. The standard InChI is InChI=1S/C10H12O3/c1-3-13-8-4-7(2)9(6-11)10(12)5-8/h4-6,12H,3H2,1-2H3. The molecule has 70 valence electrons. The van der Waals surface area contributed by atoms with E-state index in [-0.39, 0.29) is 5.75 Å². The van der Waals surface area contributed by atoms with Crippen molar-refractivity contribution in [3.05, 3.63) is 23.3 Å². The average molecular weight is 180 g/mol. The fourth-order valence-corrected chi connectivity index (χ4v) is 1.15. The van der Waals surface area contributed by atoms with Crippen molar-refractivity contribution in [2.75, 3.05) is 6.61 Å². The van der Waals surface area contributed by atoms with E-state index in [9.17, 15) is 9.90 Å². The summed E-state index contributed by atoms with van der Waals surface area (Å²) in [4.78, 5) is 10.5. The average Bonchev–Trinajstić information content (AvgIpc) is 2.04. The lowest BCUT2D eigenvalue weighted by molar-refractivity contribution is 0.112. The minimum atomic E-state index is -0.0292. The molecule has 13 heavy (non-hydrogen) atoms. The third-order valence-electron chi connectivity index (χ3n) is 1.77. The van der Waals surface area contributed by atoms with E-state index in [1.54, 1.807) is 13.0 Å². The van der Waals surface area contributed by atoms with Gasteiger partial charge in [0.1, 0.15) is 11.5 Å². The molecule has 0 radical (unpaired) electrons. The Kier molecular flexibility index (Phi) is 2.90. The molecule has 0 spiro atoms. The Morgan fingerprint density at radius 1 is 1.54 bits per heavy atom. The highest BCUT2D eigenvalue weighted by atomic mass is 16.5. The fraction of sp³-hybridized carbons (Fsp3) is 0.300. The van der Waals surface area contributed by atoms with Gasteiger partial charge >= 0.3 is 0 Å². The monoisotopic (exact) mass is 180 g/mol. The molecule has 0 aliphatic rings. The molecule has 3 heteroatoms. The highest BCUT2D eigenvalue weighted by Crippen LogP contribution is 2.25. The van der Waals surface area contributed by atoms with E-state index in [1.165, 1.54) is 6.07 Å². The van der Waals surface area contributed by atoms with Crippen LogP contribution in [-0.4, -0.2) is 18.0 Å². The summed E-state index contributed by atoms with van der Waals surface area (Å²) in [7, 11) is 0. The van der Waals surface area contributed by atoms with Crippen molar-refractivity contribution in [2.24, 2.45) is 0 Å². The zero-order valence-corrected chi connectivity index (χ0v) is 7.70. The van der Waals surface area contributed by atoms with Crippen LogP contribution < -0.4 is 4.74 Å². The Morgan fingerprint density at radius 3 is 2.69 bits per heavy atom. The molecule has 1 aromatic rings. The molecule has 3 nitrogen and oxygen atoms in total. The molecule has 1 aromatic carbocycles. The van der Waals surface area contributed by atoms with Gasteiger partial charge in [0.15, 0.2) is 6.29 Å². The van der Waals surface area contributed by atoms with Gasteiger partial charge in [-0.15, -0.1) is 0 Å². The number of phenolic OH excluding ortho intramolecular Hbond substituents is 1. The predicted molar refractivity (Wildman–Crippen MR) is 49.4 cm³/mol. The van der Waals surface area contributed by atoms with Crippen LogP contribution in [0.2, 0.25) is 0 Å². The van der Waals surface area contributed by atoms with E-state index in [4.69, 9.17) is 4.74 Å². The van der Waals surface area contributed by atoms with Gasteiger partial charge in [-0.25, -0.2) is 0 Å². The van der Waals surface area contributed by atoms with Crippen molar-refractivity contribution < 1.29 is 14.6 Å². The number of aromatic hydroxyl groups is 1. The first-order chi connectivity index (χ1) is 6.19. The summed E-state index contributed by atoms with van der Waals surface area (Å²) >= 11 is 0. The minimum absolute atomic E-state index is 0.0292. The first-order valence-electron chi connectivity index (χ1n) is 4.10. The number of aryl methyl sites for hydroxylation is 1. The smallest absolute Gasteiger partial charge is 0.154 e. The van der Waals surface area contributed by atoms with Gasteiger partial charge in [0, 0.05) is 6.07 Å². The minimum Gasteiger partial charge on any atom is -0.507 e. The largest absolute Gasteiger partial charge is 0.507 e. The number of carbonyl (C=O) groups excluding carboxylic acids is 1. The SMILES string of the molecule is CCOc1cc(C)c(C=O)c(O)c1. The topological polar surface area (TPSA) is 46.5 Å². The second kappa shape index (κ2) is 3.94. The van der Waals surface area contributed by atoms with Crippen LogP contribution in [0.25, 0.3) is 0 Å². The van der Waals surface area contributed by atoms with Crippen molar-refractivity contribution in [1.82, 2.24) is 0 Å². The summed E-state index contributed by atoms with van der Waals surface area (Å²) in [5.41, 5.74) is 1.04. The van der Waals surface area contributed by atoms with Crippen LogP contribution in [0.3, 0.4) is 0 Å². The summed E-state index contributed by atoms with van der Waals surface area (Å²) in [5.74, 6) is 0.557. The molecule has 0 aliphatic carbocycles. The molecule has 0 saturated heterocycles. The molecular weight excluding hydrogens is 168 g/mol. The van der Waals surface area contributed by atoms with Crippen LogP contribution in [0.15, 0.2) is 12.1 Å². The first-order valence-corrected chi connectivity index (χ1v) is 4.10. The Labute approximate surface area is 77.0 Å². The molecule has 0 heterocycles. The normalized spacial score (nSPS) is 9.69. The predicted octanol–water partition coefficient (Wildman–Crippen LogP) is 1.91. The molecular formula is C10H12O3.